The maximum Gasteiger partial charge on any atom is 0.118 e. The number of furan rings is 1. The summed E-state index contributed by atoms with van der Waals surface area (Å²) in [4.78, 5) is 4.68. The van der Waals surface area contributed by atoms with E-state index in [0.717, 1.165) is 37.7 Å². The molecule has 0 N–H and O–H groups in total. The van der Waals surface area contributed by atoms with Gasteiger partial charge >= 0.3 is 0 Å². The molecular formula is C15H24N2O2. The Labute approximate surface area is 115 Å². The number of fused-ring (bicyclic) bond motifs is 1. The zero-order valence-corrected chi connectivity index (χ0v) is 12.1. The second-order valence-electron chi connectivity index (χ2n) is 6.26. The van der Waals surface area contributed by atoms with Gasteiger partial charge in [0, 0.05) is 25.6 Å². The number of rotatable bonds is 4. The molecule has 2 saturated heterocycles. The van der Waals surface area contributed by atoms with Gasteiger partial charge in [0.2, 0.25) is 0 Å². The molecule has 1 aromatic rings. The summed E-state index contributed by atoms with van der Waals surface area (Å²) in [6, 6.07) is 4.12. The summed E-state index contributed by atoms with van der Waals surface area (Å²) in [6.45, 7) is 6.16. The van der Waals surface area contributed by atoms with Crippen molar-refractivity contribution in [2.24, 2.45) is 5.92 Å². The minimum absolute atomic E-state index is 0.429. The fraction of sp³-hybridized carbons (Fsp3) is 0.733. The number of nitrogens with zero attached hydrogens (tertiary/aromatic N) is 2. The smallest absolute Gasteiger partial charge is 0.118 e. The first kappa shape index (κ1) is 13.2. The quantitative estimate of drug-likeness (QED) is 0.828. The van der Waals surface area contributed by atoms with Crippen LogP contribution < -0.4 is 0 Å². The number of likely N-dealkylation sites (N-methyl/N-ethyl adjacent to an activating group) is 1. The van der Waals surface area contributed by atoms with Gasteiger partial charge in [0.25, 0.3) is 0 Å². The van der Waals surface area contributed by atoms with Crippen LogP contribution in [-0.2, 0) is 11.3 Å². The Morgan fingerprint density at radius 1 is 1.32 bits per heavy atom. The zero-order chi connectivity index (χ0) is 13.4. The van der Waals surface area contributed by atoms with Crippen LogP contribution in [0.5, 0.6) is 0 Å². The van der Waals surface area contributed by atoms with Crippen molar-refractivity contribution in [3.8, 4) is 0 Å². The van der Waals surface area contributed by atoms with Crippen LogP contribution in [0.15, 0.2) is 16.5 Å². The van der Waals surface area contributed by atoms with Crippen molar-refractivity contribution >= 4 is 0 Å². The predicted molar refractivity (Wildman–Crippen MR) is 74.0 cm³/mol. The summed E-state index contributed by atoms with van der Waals surface area (Å²) in [5.74, 6) is 2.78. The van der Waals surface area contributed by atoms with Gasteiger partial charge in [-0.2, -0.15) is 0 Å². The Bertz CT molecular complexity index is 416. The van der Waals surface area contributed by atoms with E-state index in [1.54, 1.807) is 0 Å². The lowest BCUT2D eigenvalue weighted by Gasteiger charge is -2.20. The molecule has 0 aromatic carbocycles. The largest absolute Gasteiger partial charge is 0.465 e. The molecule has 0 spiro atoms. The molecule has 19 heavy (non-hydrogen) atoms. The first-order valence-electron chi connectivity index (χ1n) is 7.18. The van der Waals surface area contributed by atoms with Gasteiger partial charge in [-0.1, -0.05) is 0 Å². The summed E-state index contributed by atoms with van der Waals surface area (Å²) in [6.07, 6.45) is 2.07. The van der Waals surface area contributed by atoms with Crippen LogP contribution in [-0.4, -0.2) is 55.7 Å². The van der Waals surface area contributed by atoms with E-state index in [9.17, 15) is 0 Å². The third kappa shape index (κ3) is 3.02. The van der Waals surface area contributed by atoms with Gasteiger partial charge in [0.15, 0.2) is 0 Å². The van der Waals surface area contributed by atoms with Crippen molar-refractivity contribution < 1.29 is 9.15 Å². The Balaban J connectivity index is 1.51. The second kappa shape index (κ2) is 5.27. The highest BCUT2D eigenvalue weighted by Gasteiger charge is 2.41. The van der Waals surface area contributed by atoms with Crippen LogP contribution in [0.3, 0.4) is 0 Å². The maximum absolute atomic E-state index is 6.16. The van der Waals surface area contributed by atoms with Crippen molar-refractivity contribution in [1.82, 2.24) is 9.80 Å². The first-order chi connectivity index (χ1) is 9.10. The minimum atomic E-state index is 0.429. The standard InChI is InChI=1S/C15H24N2O2/c1-11-4-5-13(18-11)9-17-7-12-6-14(8-16(2)3)19-15(12)10-17/h4-5,12,14-15H,6-10H2,1-3H3/t12-,14-,15+/m0/s1. The lowest BCUT2D eigenvalue weighted by atomic mass is 10.0. The van der Waals surface area contributed by atoms with Crippen molar-refractivity contribution in [3.63, 3.8) is 0 Å². The van der Waals surface area contributed by atoms with Crippen LogP contribution in [0, 0.1) is 12.8 Å². The summed E-state index contributed by atoms with van der Waals surface area (Å²) in [5, 5.41) is 0. The summed E-state index contributed by atoms with van der Waals surface area (Å²) >= 11 is 0. The number of hydrogen-bond donors (Lipinski definition) is 0. The molecule has 2 aliphatic rings. The molecule has 1 aromatic heterocycles. The van der Waals surface area contributed by atoms with E-state index in [-0.39, 0.29) is 0 Å². The van der Waals surface area contributed by atoms with E-state index < -0.39 is 0 Å². The normalized spacial score (nSPS) is 31.3. The fourth-order valence-electron chi connectivity index (χ4n) is 3.39. The third-order valence-electron chi connectivity index (χ3n) is 4.13. The highest BCUT2D eigenvalue weighted by molar-refractivity contribution is 5.06. The molecule has 2 aliphatic heterocycles. The van der Waals surface area contributed by atoms with Crippen LogP contribution >= 0.6 is 0 Å². The van der Waals surface area contributed by atoms with Crippen molar-refractivity contribution in [2.75, 3.05) is 33.7 Å². The number of aryl methyl sites for hydroxylation is 1. The van der Waals surface area contributed by atoms with Crippen molar-refractivity contribution in [2.45, 2.75) is 32.1 Å². The zero-order valence-electron chi connectivity index (χ0n) is 12.1. The minimum Gasteiger partial charge on any atom is -0.465 e. The Hall–Kier alpha value is -0.840. The van der Waals surface area contributed by atoms with E-state index in [2.05, 4.69) is 30.0 Å². The molecule has 3 atom stereocenters. The SMILES string of the molecule is Cc1ccc(CN2C[C@@H]3C[C@@H](CN(C)C)O[C@@H]3C2)o1. The molecule has 0 radical (unpaired) electrons. The predicted octanol–water partition coefficient (Wildman–Crippen LogP) is 1.74. The highest BCUT2D eigenvalue weighted by atomic mass is 16.5. The molecule has 0 amide bonds. The highest BCUT2D eigenvalue weighted by Crippen LogP contribution is 2.33. The lowest BCUT2D eigenvalue weighted by molar-refractivity contribution is 0.0245. The molecule has 2 fully saturated rings. The van der Waals surface area contributed by atoms with Gasteiger partial charge in [0.05, 0.1) is 18.8 Å². The summed E-state index contributed by atoms with van der Waals surface area (Å²) in [5.41, 5.74) is 0. The number of ether oxygens (including phenoxy) is 1. The Morgan fingerprint density at radius 3 is 2.79 bits per heavy atom. The van der Waals surface area contributed by atoms with E-state index in [1.807, 2.05) is 13.0 Å². The number of likely N-dealkylation sites (tertiary alicyclic amines) is 1. The number of hydrogen-bond acceptors (Lipinski definition) is 4. The van der Waals surface area contributed by atoms with Crippen LogP contribution in [0.2, 0.25) is 0 Å². The molecular weight excluding hydrogens is 240 g/mol. The molecule has 4 heteroatoms. The lowest BCUT2D eigenvalue weighted by Crippen LogP contribution is -2.29. The van der Waals surface area contributed by atoms with E-state index in [1.165, 1.54) is 6.42 Å². The van der Waals surface area contributed by atoms with Crippen LogP contribution in [0.25, 0.3) is 0 Å². The van der Waals surface area contributed by atoms with Crippen LogP contribution in [0.4, 0.5) is 0 Å². The van der Waals surface area contributed by atoms with Crippen molar-refractivity contribution in [1.29, 1.82) is 0 Å². The van der Waals surface area contributed by atoms with E-state index in [0.29, 0.717) is 18.1 Å². The molecule has 3 heterocycles. The molecule has 4 nitrogen and oxygen atoms in total. The van der Waals surface area contributed by atoms with Gasteiger partial charge in [-0.15, -0.1) is 0 Å². The Kier molecular flexibility index (Phi) is 3.65. The Morgan fingerprint density at radius 2 is 2.16 bits per heavy atom. The molecule has 3 rings (SSSR count). The molecule has 0 aliphatic carbocycles. The van der Waals surface area contributed by atoms with Crippen molar-refractivity contribution in [3.05, 3.63) is 23.7 Å². The monoisotopic (exact) mass is 264 g/mol. The average molecular weight is 264 g/mol. The van der Waals surface area contributed by atoms with Gasteiger partial charge in [-0.3, -0.25) is 4.90 Å². The average Bonchev–Trinajstić information content (AvgIpc) is 2.93. The van der Waals surface area contributed by atoms with Gasteiger partial charge < -0.3 is 14.1 Å². The fourth-order valence-corrected chi connectivity index (χ4v) is 3.39. The molecule has 0 bridgehead atoms. The van der Waals surface area contributed by atoms with Crippen LogP contribution in [0.1, 0.15) is 17.9 Å². The molecule has 0 saturated carbocycles. The molecule has 106 valence electrons. The molecule has 0 unspecified atom stereocenters. The second-order valence-corrected chi connectivity index (χ2v) is 6.26. The van der Waals surface area contributed by atoms with Gasteiger partial charge in [-0.05, 0) is 39.6 Å². The van der Waals surface area contributed by atoms with E-state index in [4.69, 9.17) is 9.15 Å². The topological polar surface area (TPSA) is 28.9 Å². The third-order valence-corrected chi connectivity index (χ3v) is 4.13. The summed E-state index contributed by atoms with van der Waals surface area (Å²) in [7, 11) is 4.23. The maximum atomic E-state index is 6.16. The van der Waals surface area contributed by atoms with E-state index >= 15 is 0 Å². The first-order valence-corrected chi connectivity index (χ1v) is 7.18. The van der Waals surface area contributed by atoms with Gasteiger partial charge in [0.1, 0.15) is 11.5 Å². The summed E-state index contributed by atoms with van der Waals surface area (Å²) < 4.78 is 11.8. The van der Waals surface area contributed by atoms with Gasteiger partial charge in [-0.25, -0.2) is 0 Å².